The van der Waals surface area contributed by atoms with Crippen molar-refractivity contribution in [3.8, 4) is 0 Å². The maximum atomic E-state index is 11.4. The van der Waals surface area contributed by atoms with Gasteiger partial charge in [0.05, 0.1) is 6.61 Å². The number of nitrogens with zero attached hydrogens (tertiary/aromatic N) is 1. The highest BCUT2D eigenvalue weighted by molar-refractivity contribution is 7.83. The molecule has 68 valence electrons. The first-order valence-electron chi connectivity index (χ1n) is 3.78. The molecule has 0 aliphatic heterocycles. The zero-order valence-corrected chi connectivity index (χ0v) is 8.86. The minimum atomic E-state index is -3.00. The maximum Gasteiger partial charge on any atom is 0.363 e. The van der Waals surface area contributed by atoms with Gasteiger partial charge in [-0.2, -0.15) is 0 Å². The summed E-state index contributed by atoms with van der Waals surface area (Å²) in [5, 5.41) is 0. The Kier molecular flexibility index (Phi) is 5.36. The summed E-state index contributed by atoms with van der Waals surface area (Å²) in [6, 6.07) is 0. The Morgan fingerprint density at radius 2 is 1.82 bits per heavy atom. The molecule has 0 aliphatic rings. The first kappa shape index (κ1) is 11.4. The van der Waals surface area contributed by atoms with Gasteiger partial charge in [0, 0.05) is 13.1 Å². The highest BCUT2D eigenvalue weighted by Crippen LogP contribution is 2.55. The lowest BCUT2D eigenvalue weighted by Gasteiger charge is -2.22. The highest BCUT2D eigenvalue weighted by Gasteiger charge is 2.25. The van der Waals surface area contributed by atoms with Crippen molar-refractivity contribution >= 4 is 18.1 Å². The second-order valence-electron chi connectivity index (χ2n) is 2.01. The van der Waals surface area contributed by atoms with E-state index in [-0.39, 0.29) is 0 Å². The lowest BCUT2D eigenvalue weighted by Crippen LogP contribution is -2.18. The van der Waals surface area contributed by atoms with E-state index < -0.39 is 6.87 Å². The smallest absolute Gasteiger partial charge is 0.306 e. The molecule has 0 aromatic rings. The fourth-order valence-corrected chi connectivity index (χ4v) is 2.89. The second-order valence-corrected chi connectivity index (χ2v) is 5.02. The van der Waals surface area contributed by atoms with Crippen molar-refractivity contribution in [2.24, 2.45) is 0 Å². The quantitative estimate of drug-likeness (QED) is 0.638. The van der Waals surface area contributed by atoms with Gasteiger partial charge >= 0.3 is 6.87 Å². The Balaban J connectivity index is 4.13. The van der Waals surface area contributed by atoms with Crippen LogP contribution in [0.5, 0.6) is 0 Å². The van der Waals surface area contributed by atoms with Gasteiger partial charge in [-0.1, -0.05) is 13.8 Å². The van der Waals surface area contributed by atoms with Gasteiger partial charge in [0.1, 0.15) is 0 Å². The minimum Gasteiger partial charge on any atom is -0.306 e. The van der Waals surface area contributed by atoms with Gasteiger partial charge in [0.2, 0.25) is 0 Å². The first-order chi connectivity index (χ1) is 5.08. The van der Waals surface area contributed by atoms with Crippen LogP contribution in [0.4, 0.5) is 0 Å². The third-order valence-electron chi connectivity index (χ3n) is 1.36. The summed E-state index contributed by atoms with van der Waals surface area (Å²) < 4.78 is 18.0. The van der Waals surface area contributed by atoms with E-state index in [0.717, 1.165) is 0 Å². The van der Waals surface area contributed by atoms with E-state index in [1.807, 2.05) is 13.8 Å². The third kappa shape index (κ3) is 3.57. The molecular weight excluding hydrogens is 184 g/mol. The van der Waals surface area contributed by atoms with Crippen LogP contribution in [0, 0.1) is 0 Å². The monoisotopic (exact) mass is 199 g/mol. The summed E-state index contributed by atoms with van der Waals surface area (Å²) in [7, 11) is 0. The van der Waals surface area contributed by atoms with Crippen LogP contribution in [-0.4, -0.2) is 24.4 Å². The molecule has 0 aliphatic carbocycles. The zero-order valence-electron chi connectivity index (χ0n) is 7.21. The Labute approximate surface area is 73.0 Å². The molecule has 0 spiro atoms. The molecule has 1 unspecified atom stereocenters. The van der Waals surface area contributed by atoms with Gasteiger partial charge < -0.3 is 4.52 Å². The molecule has 0 aromatic heterocycles. The third-order valence-corrected chi connectivity index (χ3v) is 4.11. The van der Waals surface area contributed by atoms with Crippen LogP contribution < -0.4 is 0 Å². The average molecular weight is 200 g/mol. The number of rotatable bonds is 5. The van der Waals surface area contributed by atoms with E-state index in [1.165, 1.54) is 0 Å². The fraction of sp³-hybridized carbons (Fsp3) is 1.00. The lowest BCUT2D eigenvalue weighted by atomic mass is 10.7. The predicted molar refractivity (Wildman–Crippen MR) is 48.0 cm³/mol. The summed E-state index contributed by atoms with van der Waals surface area (Å²) in [5.41, 5.74) is 0. The average Bonchev–Trinajstić information content (AvgIpc) is 1.89. The molecule has 0 radical (unpaired) electrons. The molecule has 0 bridgehead atoms. The summed E-state index contributed by atoms with van der Waals surface area (Å²) in [5.74, 6) is 0. The lowest BCUT2D eigenvalue weighted by molar-refractivity contribution is 0.292. The van der Waals surface area contributed by atoms with E-state index in [0.29, 0.717) is 19.7 Å². The van der Waals surface area contributed by atoms with E-state index in [9.17, 15) is 4.57 Å². The zero-order chi connectivity index (χ0) is 8.91. The second kappa shape index (κ2) is 5.15. The van der Waals surface area contributed by atoms with Crippen LogP contribution in [0.2, 0.25) is 0 Å². The molecule has 0 N–H and O–H groups in total. The van der Waals surface area contributed by atoms with Crippen LogP contribution in [-0.2, 0) is 9.09 Å². The molecule has 1 atom stereocenters. The number of hydrogen-bond acceptors (Lipinski definition) is 2. The Hall–Kier alpha value is 0.440. The van der Waals surface area contributed by atoms with E-state index >= 15 is 0 Å². The van der Waals surface area contributed by atoms with E-state index in [1.54, 1.807) is 11.6 Å². The molecule has 0 amide bonds. The van der Waals surface area contributed by atoms with E-state index in [4.69, 9.17) is 15.8 Å². The molecule has 5 heteroatoms. The van der Waals surface area contributed by atoms with Crippen molar-refractivity contribution in [3.63, 3.8) is 0 Å². The summed E-state index contributed by atoms with van der Waals surface area (Å²) in [6.07, 6.45) is 0. The van der Waals surface area contributed by atoms with Crippen LogP contribution >= 0.6 is 18.1 Å². The van der Waals surface area contributed by atoms with Gasteiger partial charge in [0.15, 0.2) is 0 Å². The topological polar surface area (TPSA) is 29.5 Å². The van der Waals surface area contributed by atoms with Gasteiger partial charge in [-0.15, -0.1) is 0 Å². The molecular formula is C6H15ClNO2P. The minimum absolute atomic E-state index is 0.386. The van der Waals surface area contributed by atoms with Crippen LogP contribution in [0.25, 0.3) is 0 Å². The normalized spacial score (nSPS) is 16.8. The summed E-state index contributed by atoms with van der Waals surface area (Å²) in [6.45, 7) is 4.27. The van der Waals surface area contributed by atoms with Crippen molar-refractivity contribution in [1.82, 2.24) is 4.67 Å². The highest BCUT2D eigenvalue weighted by atomic mass is 35.7. The molecule has 0 fully saturated rings. The standard InChI is InChI=1S/C6H15ClNO2P/c1-4-8(5-2)11(7,9)10-6-3/h4-6H2,1-3H3. The van der Waals surface area contributed by atoms with E-state index in [2.05, 4.69) is 0 Å². The van der Waals surface area contributed by atoms with Crippen LogP contribution in [0.1, 0.15) is 20.8 Å². The van der Waals surface area contributed by atoms with Crippen LogP contribution in [0.15, 0.2) is 0 Å². The van der Waals surface area contributed by atoms with Gasteiger partial charge in [-0.3, -0.25) is 4.57 Å². The predicted octanol–water partition coefficient (Wildman–Crippen LogP) is 2.71. The van der Waals surface area contributed by atoms with Gasteiger partial charge in [0.25, 0.3) is 0 Å². The first-order valence-corrected chi connectivity index (χ1v) is 6.26. The Morgan fingerprint density at radius 3 is 2.09 bits per heavy atom. The largest absolute Gasteiger partial charge is 0.363 e. The molecule has 11 heavy (non-hydrogen) atoms. The van der Waals surface area contributed by atoms with Crippen molar-refractivity contribution < 1.29 is 9.09 Å². The molecule has 0 aromatic carbocycles. The summed E-state index contributed by atoms with van der Waals surface area (Å²) in [4.78, 5) is 0. The summed E-state index contributed by atoms with van der Waals surface area (Å²) >= 11 is 5.66. The SMILES string of the molecule is CCOP(=O)(Cl)N(CC)CC. The molecule has 0 saturated heterocycles. The van der Waals surface area contributed by atoms with Crippen molar-refractivity contribution in [1.29, 1.82) is 0 Å². The van der Waals surface area contributed by atoms with Crippen LogP contribution in [0.3, 0.4) is 0 Å². The number of hydrogen-bond donors (Lipinski definition) is 0. The molecule has 0 heterocycles. The van der Waals surface area contributed by atoms with Crippen molar-refractivity contribution in [3.05, 3.63) is 0 Å². The van der Waals surface area contributed by atoms with Crippen molar-refractivity contribution in [2.45, 2.75) is 20.8 Å². The number of halogens is 1. The Bertz CT molecular complexity index is 150. The molecule has 0 rings (SSSR count). The molecule has 3 nitrogen and oxygen atoms in total. The van der Waals surface area contributed by atoms with Crippen molar-refractivity contribution in [2.75, 3.05) is 19.7 Å². The van der Waals surface area contributed by atoms with Gasteiger partial charge in [-0.25, -0.2) is 4.67 Å². The van der Waals surface area contributed by atoms with Gasteiger partial charge in [-0.05, 0) is 18.2 Å². The fourth-order valence-electron chi connectivity index (χ4n) is 0.802. The molecule has 0 saturated carbocycles. The Morgan fingerprint density at radius 1 is 1.36 bits per heavy atom. The maximum absolute atomic E-state index is 11.4.